The van der Waals surface area contributed by atoms with Crippen LogP contribution in [0, 0.1) is 0 Å². The molecule has 5 nitrogen and oxygen atoms in total. The van der Waals surface area contributed by atoms with Gasteiger partial charge in [0.1, 0.15) is 5.75 Å². The van der Waals surface area contributed by atoms with Crippen LogP contribution >= 0.6 is 0 Å². The van der Waals surface area contributed by atoms with Gasteiger partial charge in [-0.2, -0.15) is 0 Å². The van der Waals surface area contributed by atoms with Crippen molar-refractivity contribution in [3.8, 4) is 5.75 Å². The van der Waals surface area contributed by atoms with E-state index in [4.69, 9.17) is 15.0 Å². The second kappa shape index (κ2) is 7.56. The molecule has 0 aliphatic carbocycles. The summed E-state index contributed by atoms with van der Waals surface area (Å²) in [4.78, 5) is 2.67. The molecule has 0 radical (unpaired) electrons. The average molecular weight is 221 g/mol. The Balaban J connectivity index is 2.19. The Morgan fingerprint density at radius 2 is 2.06 bits per heavy atom. The quantitative estimate of drug-likeness (QED) is 0.307. The summed E-state index contributed by atoms with van der Waals surface area (Å²) in [5, 5.41) is 3.42. The van der Waals surface area contributed by atoms with Gasteiger partial charge >= 0.3 is 0 Å². The molecule has 0 aliphatic rings. The molecule has 0 N–H and O–H groups in total. The van der Waals surface area contributed by atoms with Crippen LogP contribution in [0.3, 0.4) is 0 Å². The monoisotopic (exact) mass is 221 g/mol. The summed E-state index contributed by atoms with van der Waals surface area (Å²) in [6.07, 6.45) is 0.750. The van der Waals surface area contributed by atoms with E-state index in [0.29, 0.717) is 19.8 Å². The summed E-state index contributed by atoms with van der Waals surface area (Å²) in [6.45, 7) is 1.66. The first kappa shape index (κ1) is 12.4. The van der Waals surface area contributed by atoms with E-state index in [1.165, 1.54) is 0 Å². The van der Waals surface area contributed by atoms with Crippen LogP contribution in [0.2, 0.25) is 0 Å². The fourth-order valence-electron chi connectivity index (χ4n) is 1.19. The Morgan fingerprint density at radius 1 is 1.31 bits per heavy atom. The first-order chi connectivity index (χ1) is 7.86. The molecule has 0 saturated carbocycles. The highest BCUT2D eigenvalue weighted by molar-refractivity contribution is 5.26. The van der Waals surface area contributed by atoms with E-state index in [0.717, 1.165) is 17.7 Å². The Bertz CT molecular complexity index is 345. The summed E-state index contributed by atoms with van der Waals surface area (Å²) < 4.78 is 10.5. The normalized spacial score (nSPS) is 9.56. The van der Waals surface area contributed by atoms with Crippen molar-refractivity contribution in [3.05, 3.63) is 40.3 Å². The highest BCUT2D eigenvalue weighted by atomic mass is 16.5. The Kier molecular flexibility index (Phi) is 5.84. The zero-order valence-corrected chi connectivity index (χ0v) is 9.30. The summed E-state index contributed by atoms with van der Waals surface area (Å²) in [7, 11) is 1.64. The molecule has 0 saturated heterocycles. The maximum atomic E-state index is 8.06. The fraction of sp³-hybridized carbons (Fsp3) is 0.455. The van der Waals surface area contributed by atoms with Gasteiger partial charge in [0.2, 0.25) is 0 Å². The van der Waals surface area contributed by atoms with E-state index in [1.54, 1.807) is 7.11 Å². The largest absolute Gasteiger partial charge is 0.497 e. The topological polar surface area (TPSA) is 67.2 Å². The van der Waals surface area contributed by atoms with Crippen LogP contribution in [0.4, 0.5) is 0 Å². The van der Waals surface area contributed by atoms with Crippen molar-refractivity contribution in [2.75, 3.05) is 20.3 Å². The van der Waals surface area contributed by atoms with E-state index < -0.39 is 0 Å². The zero-order valence-electron chi connectivity index (χ0n) is 9.30. The number of hydrogen-bond acceptors (Lipinski definition) is 3. The van der Waals surface area contributed by atoms with E-state index >= 15 is 0 Å². The van der Waals surface area contributed by atoms with Crippen LogP contribution in [0.5, 0.6) is 5.75 Å². The molecule has 86 valence electrons. The standard InChI is InChI=1S/C11H15N3O2/c1-15-11-5-3-10(4-6-11)9-16-8-2-7-13-14-12/h3-6H,2,7-9H2,1H3. The fourth-order valence-corrected chi connectivity index (χ4v) is 1.19. The second-order valence-electron chi connectivity index (χ2n) is 3.21. The third-order valence-corrected chi connectivity index (χ3v) is 2.04. The minimum absolute atomic E-state index is 0.485. The molecular formula is C11H15N3O2. The number of benzene rings is 1. The molecule has 16 heavy (non-hydrogen) atoms. The van der Waals surface area contributed by atoms with Crippen LogP contribution in [-0.2, 0) is 11.3 Å². The van der Waals surface area contributed by atoms with Gasteiger partial charge in [-0.15, -0.1) is 0 Å². The Hall–Kier alpha value is -1.71. The Morgan fingerprint density at radius 3 is 2.69 bits per heavy atom. The van der Waals surface area contributed by atoms with Crippen molar-refractivity contribution in [1.82, 2.24) is 0 Å². The molecule has 1 aromatic rings. The van der Waals surface area contributed by atoms with E-state index in [1.807, 2.05) is 24.3 Å². The van der Waals surface area contributed by atoms with Crippen molar-refractivity contribution >= 4 is 0 Å². The predicted molar refractivity (Wildman–Crippen MR) is 61.3 cm³/mol. The minimum atomic E-state index is 0.485. The number of nitrogens with zero attached hydrogens (tertiary/aromatic N) is 3. The van der Waals surface area contributed by atoms with Crippen molar-refractivity contribution in [2.24, 2.45) is 5.11 Å². The molecule has 5 heteroatoms. The molecule has 1 rings (SSSR count). The number of methoxy groups -OCH3 is 1. The summed E-state index contributed by atoms with van der Waals surface area (Å²) in [5.74, 6) is 0.840. The highest BCUT2D eigenvalue weighted by Gasteiger charge is 1.94. The molecule has 0 unspecified atom stereocenters. The number of rotatable bonds is 7. The van der Waals surface area contributed by atoms with Gasteiger partial charge in [-0.05, 0) is 29.6 Å². The lowest BCUT2D eigenvalue weighted by Gasteiger charge is -2.04. The predicted octanol–water partition coefficient (Wildman–Crippen LogP) is 2.91. The third-order valence-electron chi connectivity index (χ3n) is 2.04. The maximum absolute atomic E-state index is 8.06. The maximum Gasteiger partial charge on any atom is 0.118 e. The van der Waals surface area contributed by atoms with Crippen molar-refractivity contribution in [1.29, 1.82) is 0 Å². The lowest BCUT2D eigenvalue weighted by Crippen LogP contribution is -1.97. The number of hydrogen-bond donors (Lipinski definition) is 0. The van der Waals surface area contributed by atoms with Crippen LogP contribution in [0.15, 0.2) is 29.4 Å². The smallest absolute Gasteiger partial charge is 0.118 e. The van der Waals surface area contributed by atoms with Gasteiger partial charge in [0, 0.05) is 18.1 Å². The molecule has 0 atom stereocenters. The molecule has 1 aromatic carbocycles. The summed E-state index contributed by atoms with van der Waals surface area (Å²) >= 11 is 0. The van der Waals surface area contributed by atoms with Gasteiger partial charge in [0.05, 0.1) is 13.7 Å². The summed E-state index contributed by atoms with van der Waals surface area (Å²) in [6, 6.07) is 7.73. The molecule has 0 aliphatic heterocycles. The van der Waals surface area contributed by atoms with E-state index in [-0.39, 0.29) is 0 Å². The van der Waals surface area contributed by atoms with Gasteiger partial charge in [-0.1, -0.05) is 17.2 Å². The van der Waals surface area contributed by atoms with Crippen molar-refractivity contribution in [2.45, 2.75) is 13.0 Å². The lowest BCUT2D eigenvalue weighted by molar-refractivity contribution is 0.120. The molecular weight excluding hydrogens is 206 g/mol. The van der Waals surface area contributed by atoms with Gasteiger partial charge in [0.25, 0.3) is 0 Å². The first-order valence-corrected chi connectivity index (χ1v) is 5.08. The molecule has 0 heterocycles. The lowest BCUT2D eigenvalue weighted by atomic mass is 10.2. The molecule has 0 aromatic heterocycles. The van der Waals surface area contributed by atoms with Gasteiger partial charge < -0.3 is 9.47 Å². The highest BCUT2D eigenvalue weighted by Crippen LogP contribution is 2.11. The zero-order chi connectivity index (χ0) is 11.6. The average Bonchev–Trinajstić information content (AvgIpc) is 2.34. The first-order valence-electron chi connectivity index (χ1n) is 5.08. The minimum Gasteiger partial charge on any atom is -0.497 e. The molecule has 0 bridgehead atoms. The van der Waals surface area contributed by atoms with Crippen LogP contribution in [0.25, 0.3) is 10.4 Å². The molecule has 0 fully saturated rings. The van der Waals surface area contributed by atoms with Gasteiger partial charge in [0.15, 0.2) is 0 Å². The van der Waals surface area contributed by atoms with Crippen molar-refractivity contribution in [3.63, 3.8) is 0 Å². The SMILES string of the molecule is COc1ccc(COCCCN=[N+]=[N-])cc1. The molecule has 0 amide bonds. The van der Waals surface area contributed by atoms with Gasteiger partial charge in [-0.3, -0.25) is 0 Å². The van der Waals surface area contributed by atoms with Crippen molar-refractivity contribution < 1.29 is 9.47 Å². The molecule has 0 spiro atoms. The Labute approximate surface area is 94.6 Å². The van der Waals surface area contributed by atoms with E-state index in [2.05, 4.69) is 10.0 Å². The van der Waals surface area contributed by atoms with E-state index in [9.17, 15) is 0 Å². The van der Waals surface area contributed by atoms with Gasteiger partial charge in [-0.25, -0.2) is 0 Å². The number of ether oxygens (including phenoxy) is 2. The number of azide groups is 1. The van der Waals surface area contributed by atoms with Crippen LogP contribution in [0.1, 0.15) is 12.0 Å². The second-order valence-corrected chi connectivity index (χ2v) is 3.21. The third kappa shape index (κ3) is 4.68. The van der Waals surface area contributed by atoms with Crippen LogP contribution in [-0.4, -0.2) is 20.3 Å². The van der Waals surface area contributed by atoms with Crippen LogP contribution < -0.4 is 4.74 Å². The summed E-state index contributed by atoms with van der Waals surface area (Å²) in [5.41, 5.74) is 9.16.